The van der Waals surface area contributed by atoms with Gasteiger partial charge >= 0.3 is 0 Å². The number of nitrogens with one attached hydrogen (secondary N) is 1. The summed E-state index contributed by atoms with van der Waals surface area (Å²) in [6, 6.07) is 8.15. The fraction of sp³-hybridized carbons (Fsp3) is 0.500. The van der Waals surface area contributed by atoms with E-state index in [2.05, 4.69) is 28.2 Å². The molecule has 0 aliphatic carbocycles. The summed E-state index contributed by atoms with van der Waals surface area (Å²) in [6.45, 7) is 4.31. The molecule has 2 atom stereocenters. The van der Waals surface area contributed by atoms with Crippen LogP contribution in [0.1, 0.15) is 6.92 Å². The molecule has 1 N–H and O–H groups in total. The summed E-state index contributed by atoms with van der Waals surface area (Å²) in [5, 5.41) is 3.39. The molecule has 0 saturated carbocycles. The fourth-order valence-electron chi connectivity index (χ4n) is 1.59. The van der Waals surface area contributed by atoms with E-state index in [1.165, 1.54) is 0 Å². The Morgan fingerprint density at radius 2 is 2.31 bits per heavy atom. The largest absolute Gasteiger partial charge is 0.491 e. The van der Waals surface area contributed by atoms with Crippen LogP contribution in [-0.2, 0) is 4.74 Å². The van der Waals surface area contributed by atoms with Gasteiger partial charge in [0.25, 0.3) is 0 Å². The number of rotatable bonds is 3. The Morgan fingerprint density at radius 1 is 1.50 bits per heavy atom. The van der Waals surface area contributed by atoms with Gasteiger partial charge in [-0.2, -0.15) is 0 Å². The van der Waals surface area contributed by atoms with Crippen LogP contribution >= 0.6 is 15.9 Å². The van der Waals surface area contributed by atoms with E-state index >= 15 is 0 Å². The molecule has 1 fully saturated rings. The minimum absolute atomic E-state index is 0.281. The van der Waals surface area contributed by atoms with Crippen molar-refractivity contribution in [1.82, 2.24) is 5.32 Å². The highest BCUT2D eigenvalue weighted by atomic mass is 79.9. The van der Waals surface area contributed by atoms with E-state index in [0.717, 1.165) is 16.8 Å². The minimum Gasteiger partial charge on any atom is -0.491 e. The van der Waals surface area contributed by atoms with Crippen molar-refractivity contribution in [2.45, 2.75) is 19.1 Å². The molecule has 2 rings (SSSR count). The molecule has 1 saturated heterocycles. The average molecular weight is 286 g/mol. The number of morpholine rings is 1. The molecule has 1 aliphatic rings. The first-order chi connectivity index (χ1) is 7.75. The SMILES string of the molecule is CC1CNC(COc2ccccc2Br)CO1. The lowest BCUT2D eigenvalue weighted by Gasteiger charge is -2.28. The van der Waals surface area contributed by atoms with Gasteiger partial charge < -0.3 is 14.8 Å². The van der Waals surface area contributed by atoms with Crippen LogP contribution in [0.15, 0.2) is 28.7 Å². The summed E-state index contributed by atoms with van der Waals surface area (Å²) >= 11 is 3.45. The highest BCUT2D eigenvalue weighted by Gasteiger charge is 2.18. The van der Waals surface area contributed by atoms with Crippen LogP contribution in [-0.4, -0.2) is 31.9 Å². The molecule has 1 aromatic carbocycles. The normalized spacial score (nSPS) is 25.4. The second-order valence-electron chi connectivity index (χ2n) is 3.99. The van der Waals surface area contributed by atoms with E-state index in [9.17, 15) is 0 Å². The van der Waals surface area contributed by atoms with E-state index in [4.69, 9.17) is 9.47 Å². The lowest BCUT2D eigenvalue weighted by Crippen LogP contribution is -2.48. The first-order valence-corrected chi connectivity index (χ1v) is 6.27. The summed E-state index contributed by atoms with van der Waals surface area (Å²) in [5.74, 6) is 0.878. The van der Waals surface area contributed by atoms with Crippen molar-refractivity contribution in [1.29, 1.82) is 0 Å². The Kier molecular flexibility index (Phi) is 4.21. The van der Waals surface area contributed by atoms with E-state index in [0.29, 0.717) is 19.3 Å². The molecule has 2 unspecified atom stereocenters. The molecule has 0 radical (unpaired) electrons. The maximum Gasteiger partial charge on any atom is 0.133 e. The summed E-state index contributed by atoms with van der Waals surface area (Å²) < 4.78 is 12.3. The van der Waals surface area contributed by atoms with Crippen LogP contribution in [0.4, 0.5) is 0 Å². The summed E-state index contributed by atoms with van der Waals surface area (Å²) in [7, 11) is 0. The van der Waals surface area contributed by atoms with Crippen LogP contribution in [0.2, 0.25) is 0 Å². The Hall–Kier alpha value is -0.580. The van der Waals surface area contributed by atoms with Gasteiger partial charge in [-0.25, -0.2) is 0 Å². The third kappa shape index (κ3) is 3.20. The second kappa shape index (κ2) is 5.66. The molecular formula is C12H16BrNO2. The summed E-state index contributed by atoms with van der Waals surface area (Å²) in [5.41, 5.74) is 0. The van der Waals surface area contributed by atoms with Crippen molar-refractivity contribution in [3.63, 3.8) is 0 Å². The van der Waals surface area contributed by atoms with Crippen molar-refractivity contribution in [3.05, 3.63) is 28.7 Å². The van der Waals surface area contributed by atoms with Crippen molar-refractivity contribution in [2.75, 3.05) is 19.8 Å². The first-order valence-electron chi connectivity index (χ1n) is 5.48. The molecule has 4 heteroatoms. The van der Waals surface area contributed by atoms with Gasteiger partial charge in [0.1, 0.15) is 12.4 Å². The first kappa shape index (κ1) is 11.9. The Balaban J connectivity index is 1.81. The van der Waals surface area contributed by atoms with Gasteiger partial charge in [0.05, 0.1) is 23.2 Å². The van der Waals surface area contributed by atoms with E-state index < -0.39 is 0 Å². The molecule has 1 heterocycles. The van der Waals surface area contributed by atoms with Crippen LogP contribution in [0.25, 0.3) is 0 Å². The smallest absolute Gasteiger partial charge is 0.133 e. The van der Waals surface area contributed by atoms with Gasteiger partial charge in [0, 0.05) is 6.54 Å². The van der Waals surface area contributed by atoms with Crippen molar-refractivity contribution >= 4 is 15.9 Å². The van der Waals surface area contributed by atoms with E-state index in [-0.39, 0.29) is 6.04 Å². The molecule has 88 valence electrons. The zero-order chi connectivity index (χ0) is 11.4. The molecule has 0 aromatic heterocycles. The van der Waals surface area contributed by atoms with E-state index in [1.54, 1.807) is 0 Å². The van der Waals surface area contributed by atoms with Crippen LogP contribution < -0.4 is 10.1 Å². The second-order valence-corrected chi connectivity index (χ2v) is 4.84. The van der Waals surface area contributed by atoms with Gasteiger partial charge in [0.2, 0.25) is 0 Å². The predicted molar refractivity (Wildman–Crippen MR) is 66.8 cm³/mol. The van der Waals surface area contributed by atoms with Crippen molar-refractivity contribution in [3.8, 4) is 5.75 Å². The van der Waals surface area contributed by atoms with E-state index in [1.807, 2.05) is 24.3 Å². The highest BCUT2D eigenvalue weighted by molar-refractivity contribution is 9.10. The molecule has 16 heavy (non-hydrogen) atoms. The fourth-order valence-corrected chi connectivity index (χ4v) is 1.99. The molecule has 1 aliphatic heterocycles. The molecule has 0 spiro atoms. The molecule has 1 aromatic rings. The Labute approximate surface area is 104 Å². The topological polar surface area (TPSA) is 30.5 Å². The predicted octanol–water partition coefficient (Wildman–Crippen LogP) is 2.20. The Bertz CT molecular complexity index is 338. The number of para-hydroxylation sites is 1. The molecule has 3 nitrogen and oxygen atoms in total. The Morgan fingerprint density at radius 3 is 3.00 bits per heavy atom. The number of hydrogen-bond donors (Lipinski definition) is 1. The maximum atomic E-state index is 5.72. The number of halogens is 1. The van der Waals surface area contributed by atoms with Gasteiger partial charge in [-0.15, -0.1) is 0 Å². The van der Waals surface area contributed by atoms with Crippen LogP contribution in [0.5, 0.6) is 5.75 Å². The lowest BCUT2D eigenvalue weighted by molar-refractivity contribution is 0.00450. The molecule has 0 bridgehead atoms. The van der Waals surface area contributed by atoms with Gasteiger partial charge in [-0.05, 0) is 35.0 Å². The third-order valence-electron chi connectivity index (χ3n) is 2.55. The molecular weight excluding hydrogens is 270 g/mol. The average Bonchev–Trinajstić information content (AvgIpc) is 2.30. The van der Waals surface area contributed by atoms with Gasteiger partial charge in [-0.3, -0.25) is 0 Å². The standard InChI is InChI=1S/C12H16BrNO2/c1-9-6-14-10(7-15-9)8-16-12-5-3-2-4-11(12)13/h2-5,9-10,14H,6-8H2,1H3. The third-order valence-corrected chi connectivity index (χ3v) is 3.21. The quantitative estimate of drug-likeness (QED) is 0.924. The van der Waals surface area contributed by atoms with Gasteiger partial charge in [-0.1, -0.05) is 12.1 Å². The summed E-state index contributed by atoms with van der Waals surface area (Å²) in [6.07, 6.45) is 0.305. The minimum atomic E-state index is 0.281. The number of ether oxygens (including phenoxy) is 2. The van der Waals surface area contributed by atoms with Crippen molar-refractivity contribution < 1.29 is 9.47 Å². The molecule has 0 amide bonds. The van der Waals surface area contributed by atoms with Crippen LogP contribution in [0.3, 0.4) is 0 Å². The maximum absolute atomic E-state index is 5.72. The summed E-state index contributed by atoms with van der Waals surface area (Å²) in [4.78, 5) is 0. The zero-order valence-electron chi connectivity index (χ0n) is 9.28. The van der Waals surface area contributed by atoms with Crippen molar-refractivity contribution in [2.24, 2.45) is 0 Å². The highest BCUT2D eigenvalue weighted by Crippen LogP contribution is 2.23. The number of hydrogen-bond acceptors (Lipinski definition) is 3. The monoisotopic (exact) mass is 285 g/mol. The van der Waals surface area contributed by atoms with Crippen LogP contribution in [0, 0.1) is 0 Å². The lowest BCUT2D eigenvalue weighted by atomic mass is 10.2. The zero-order valence-corrected chi connectivity index (χ0v) is 10.9. The van der Waals surface area contributed by atoms with Gasteiger partial charge in [0.15, 0.2) is 0 Å². The number of benzene rings is 1.